The number of fused-ring (bicyclic) bond motifs is 1. The van der Waals surface area contributed by atoms with Gasteiger partial charge < -0.3 is 10.4 Å². The highest BCUT2D eigenvalue weighted by atomic mass is 16.3. The summed E-state index contributed by atoms with van der Waals surface area (Å²) in [6, 6.07) is 0.353. The van der Waals surface area contributed by atoms with E-state index in [0.717, 1.165) is 18.3 Å². The van der Waals surface area contributed by atoms with Crippen LogP contribution in [-0.4, -0.2) is 24.3 Å². The molecular formula is C10H19NO. The largest absolute Gasteiger partial charge is 0.392 e. The van der Waals surface area contributed by atoms with E-state index in [0.29, 0.717) is 6.04 Å². The van der Waals surface area contributed by atoms with Gasteiger partial charge in [0.15, 0.2) is 0 Å². The minimum Gasteiger partial charge on any atom is -0.392 e. The molecule has 0 aromatic rings. The number of aliphatic hydroxyl groups is 1. The number of rotatable bonds is 1. The summed E-state index contributed by atoms with van der Waals surface area (Å²) in [4.78, 5) is 0. The van der Waals surface area contributed by atoms with Gasteiger partial charge in [0.2, 0.25) is 0 Å². The van der Waals surface area contributed by atoms with E-state index in [-0.39, 0.29) is 6.10 Å². The maximum atomic E-state index is 9.75. The SMILES string of the molecule is CN[C@@H]1CC[C@@H]2C[C@@H]2CC[C@H]1O. The molecule has 0 aliphatic heterocycles. The van der Waals surface area contributed by atoms with Crippen molar-refractivity contribution in [2.24, 2.45) is 11.8 Å². The molecule has 0 spiro atoms. The third-order valence-electron chi connectivity index (χ3n) is 3.59. The fourth-order valence-corrected chi connectivity index (χ4v) is 2.53. The zero-order valence-corrected chi connectivity index (χ0v) is 7.79. The first kappa shape index (κ1) is 8.52. The summed E-state index contributed by atoms with van der Waals surface area (Å²) in [6.45, 7) is 0. The van der Waals surface area contributed by atoms with Gasteiger partial charge in [-0.1, -0.05) is 0 Å². The Bertz CT molecular complexity index is 160. The number of nitrogens with one attached hydrogen (secondary N) is 1. The van der Waals surface area contributed by atoms with E-state index in [4.69, 9.17) is 0 Å². The molecule has 12 heavy (non-hydrogen) atoms. The first-order valence-corrected chi connectivity index (χ1v) is 5.16. The molecule has 0 aromatic heterocycles. The lowest BCUT2D eigenvalue weighted by molar-refractivity contribution is 0.106. The van der Waals surface area contributed by atoms with Crippen molar-refractivity contribution in [3.8, 4) is 0 Å². The van der Waals surface area contributed by atoms with Gasteiger partial charge in [-0.15, -0.1) is 0 Å². The molecule has 2 heteroatoms. The van der Waals surface area contributed by atoms with Gasteiger partial charge in [0, 0.05) is 6.04 Å². The Hall–Kier alpha value is -0.0800. The van der Waals surface area contributed by atoms with Gasteiger partial charge in [-0.3, -0.25) is 0 Å². The topological polar surface area (TPSA) is 32.3 Å². The molecule has 0 aromatic carbocycles. The predicted octanol–water partition coefficient (Wildman–Crippen LogP) is 1.15. The molecule has 70 valence electrons. The Labute approximate surface area is 74.4 Å². The van der Waals surface area contributed by atoms with Gasteiger partial charge in [0.05, 0.1) is 6.10 Å². The third kappa shape index (κ3) is 1.64. The maximum absolute atomic E-state index is 9.75. The molecule has 4 atom stereocenters. The number of aliphatic hydroxyl groups excluding tert-OH is 1. The predicted molar refractivity (Wildman–Crippen MR) is 48.9 cm³/mol. The van der Waals surface area contributed by atoms with Crippen LogP contribution in [0.2, 0.25) is 0 Å². The highest BCUT2D eigenvalue weighted by Crippen LogP contribution is 2.47. The summed E-state index contributed by atoms with van der Waals surface area (Å²) in [6.07, 6.45) is 6.09. The van der Waals surface area contributed by atoms with Crippen molar-refractivity contribution in [3.05, 3.63) is 0 Å². The second-order valence-electron chi connectivity index (χ2n) is 4.37. The third-order valence-corrected chi connectivity index (χ3v) is 3.59. The molecule has 2 nitrogen and oxygen atoms in total. The minimum absolute atomic E-state index is 0.100. The van der Waals surface area contributed by atoms with Crippen molar-refractivity contribution in [1.29, 1.82) is 0 Å². The molecule has 0 heterocycles. The summed E-state index contributed by atoms with van der Waals surface area (Å²) >= 11 is 0. The first-order chi connectivity index (χ1) is 5.81. The standard InChI is InChI=1S/C10H19NO/c1-11-9-4-2-7-6-8(7)3-5-10(9)12/h7-12H,2-6H2,1H3/t7-,8+,9-,10-/m1/s1. The molecule has 2 aliphatic carbocycles. The van der Waals surface area contributed by atoms with E-state index < -0.39 is 0 Å². The Morgan fingerprint density at radius 3 is 2.42 bits per heavy atom. The van der Waals surface area contributed by atoms with Crippen molar-refractivity contribution < 1.29 is 5.11 Å². The molecule has 0 saturated heterocycles. The Kier molecular flexibility index (Phi) is 2.37. The highest BCUT2D eigenvalue weighted by molar-refractivity contribution is 4.91. The van der Waals surface area contributed by atoms with Crippen LogP contribution >= 0.6 is 0 Å². The van der Waals surface area contributed by atoms with Crippen molar-refractivity contribution in [2.45, 2.75) is 44.2 Å². The lowest BCUT2D eigenvalue weighted by atomic mass is 9.94. The van der Waals surface area contributed by atoms with E-state index in [2.05, 4.69) is 5.32 Å². The molecule has 0 radical (unpaired) electrons. The molecule has 0 unspecified atom stereocenters. The van der Waals surface area contributed by atoms with Crippen molar-refractivity contribution in [2.75, 3.05) is 7.05 Å². The van der Waals surface area contributed by atoms with E-state index in [9.17, 15) is 5.11 Å². The summed E-state index contributed by atoms with van der Waals surface area (Å²) < 4.78 is 0. The van der Waals surface area contributed by atoms with Crippen LogP contribution in [0.15, 0.2) is 0 Å². The summed E-state index contributed by atoms with van der Waals surface area (Å²) in [5, 5.41) is 13.0. The average molecular weight is 169 g/mol. The normalized spacial score (nSPS) is 47.5. The Morgan fingerprint density at radius 2 is 1.75 bits per heavy atom. The fourth-order valence-electron chi connectivity index (χ4n) is 2.53. The lowest BCUT2D eigenvalue weighted by Gasteiger charge is -2.24. The molecule has 2 N–H and O–H groups in total. The number of hydrogen-bond donors (Lipinski definition) is 2. The maximum Gasteiger partial charge on any atom is 0.0693 e. The van der Waals surface area contributed by atoms with Crippen LogP contribution in [0.25, 0.3) is 0 Å². The average Bonchev–Trinajstić information content (AvgIpc) is 2.78. The van der Waals surface area contributed by atoms with E-state index in [1.54, 1.807) is 0 Å². The number of likely N-dealkylation sites (N-methyl/N-ethyl adjacent to an activating group) is 1. The molecule has 2 rings (SSSR count). The Balaban J connectivity index is 1.89. The van der Waals surface area contributed by atoms with Crippen LogP contribution in [0.3, 0.4) is 0 Å². The van der Waals surface area contributed by atoms with Crippen molar-refractivity contribution in [1.82, 2.24) is 5.32 Å². The fraction of sp³-hybridized carbons (Fsp3) is 1.00. The minimum atomic E-state index is -0.100. The van der Waals surface area contributed by atoms with Crippen LogP contribution in [0.1, 0.15) is 32.1 Å². The number of hydrogen-bond acceptors (Lipinski definition) is 2. The summed E-state index contributed by atoms with van der Waals surface area (Å²) in [7, 11) is 1.96. The first-order valence-electron chi connectivity index (χ1n) is 5.16. The summed E-state index contributed by atoms with van der Waals surface area (Å²) in [5.74, 6) is 1.98. The summed E-state index contributed by atoms with van der Waals surface area (Å²) in [5.41, 5.74) is 0. The van der Waals surface area contributed by atoms with E-state index >= 15 is 0 Å². The van der Waals surface area contributed by atoms with Crippen LogP contribution in [0, 0.1) is 11.8 Å². The second kappa shape index (κ2) is 3.35. The lowest BCUT2D eigenvalue weighted by Crippen LogP contribution is -2.38. The van der Waals surface area contributed by atoms with Crippen molar-refractivity contribution in [3.63, 3.8) is 0 Å². The van der Waals surface area contributed by atoms with Gasteiger partial charge in [-0.2, -0.15) is 0 Å². The van der Waals surface area contributed by atoms with Crippen LogP contribution < -0.4 is 5.32 Å². The van der Waals surface area contributed by atoms with Gasteiger partial charge in [0.1, 0.15) is 0 Å². The van der Waals surface area contributed by atoms with E-state index in [1.165, 1.54) is 25.7 Å². The molecule has 2 aliphatic rings. The molecular weight excluding hydrogens is 150 g/mol. The van der Waals surface area contributed by atoms with Gasteiger partial charge in [-0.05, 0) is 51.0 Å². The molecule has 2 fully saturated rings. The monoisotopic (exact) mass is 169 g/mol. The highest BCUT2D eigenvalue weighted by Gasteiger charge is 2.39. The van der Waals surface area contributed by atoms with Crippen LogP contribution in [-0.2, 0) is 0 Å². The molecule has 0 bridgehead atoms. The zero-order valence-electron chi connectivity index (χ0n) is 7.79. The van der Waals surface area contributed by atoms with Crippen molar-refractivity contribution >= 4 is 0 Å². The second-order valence-corrected chi connectivity index (χ2v) is 4.37. The smallest absolute Gasteiger partial charge is 0.0693 e. The molecule has 2 saturated carbocycles. The zero-order chi connectivity index (χ0) is 8.55. The van der Waals surface area contributed by atoms with Gasteiger partial charge in [-0.25, -0.2) is 0 Å². The quantitative estimate of drug-likeness (QED) is 0.617. The molecule has 0 amide bonds. The van der Waals surface area contributed by atoms with Crippen LogP contribution in [0.4, 0.5) is 0 Å². The van der Waals surface area contributed by atoms with Gasteiger partial charge >= 0.3 is 0 Å². The van der Waals surface area contributed by atoms with Gasteiger partial charge in [0.25, 0.3) is 0 Å². The van der Waals surface area contributed by atoms with Crippen LogP contribution in [0.5, 0.6) is 0 Å². The Morgan fingerprint density at radius 1 is 1.08 bits per heavy atom. The van der Waals surface area contributed by atoms with E-state index in [1.807, 2.05) is 7.05 Å².